The third kappa shape index (κ3) is 2.33. The Morgan fingerprint density at radius 3 is 2.88 bits per heavy atom. The molecule has 1 aliphatic rings. The number of carbonyl (C=O) groups excluding carboxylic acids is 1. The molecular weight excluding hydrogens is 228 g/mol. The summed E-state index contributed by atoms with van der Waals surface area (Å²) in [5.41, 5.74) is 7.30. The van der Waals surface area contributed by atoms with E-state index in [2.05, 4.69) is 4.72 Å². The number of aryl methyl sites for hydroxylation is 1. The predicted octanol–water partition coefficient (Wildman–Crippen LogP) is 0.0122. The largest absolute Gasteiger partial charge is 0.369 e. The van der Waals surface area contributed by atoms with Gasteiger partial charge in [0.05, 0.1) is 17.9 Å². The van der Waals surface area contributed by atoms with Crippen LogP contribution < -0.4 is 10.5 Å². The Hall–Kier alpha value is -1.56. The van der Waals surface area contributed by atoms with Crippen molar-refractivity contribution in [2.24, 2.45) is 5.73 Å². The lowest BCUT2D eigenvalue weighted by molar-refractivity contribution is -0.117. The minimum absolute atomic E-state index is 0.106. The van der Waals surface area contributed by atoms with Crippen molar-refractivity contribution in [1.82, 2.24) is 0 Å². The number of nitrogens with one attached hydrogen (secondary N) is 1. The predicted molar refractivity (Wildman–Crippen MR) is 60.5 cm³/mol. The van der Waals surface area contributed by atoms with E-state index in [4.69, 9.17) is 5.73 Å². The second-order valence-electron chi connectivity index (χ2n) is 3.81. The molecule has 0 fully saturated rings. The number of primary amides is 1. The lowest BCUT2D eigenvalue weighted by Crippen LogP contribution is -2.24. The molecule has 0 radical (unpaired) electrons. The maximum Gasteiger partial charge on any atom is 0.233 e. The van der Waals surface area contributed by atoms with Gasteiger partial charge in [0.25, 0.3) is 0 Å². The van der Waals surface area contributed by atoms with E-state index in [1.807, 2.05) is 6.07 Å². The molecule has 0 bridgehead atoms. The zero-order valence-electron chi connectivity index (χ0n) is 8.56. The van der Waals surface area contributed by atoms with E-state index in [1.54, 1.807) is 12.1 Å². The maximum atomic E-state index is 11.3. The molecule has 0 unspecified atom stereocenters. The Morgan fingerprint density at radius 1 is 1.44 bits per heavy atom. The van der Waals surface area contributed by atoms with E-state index < -0.39 is 15.9 Å². The molecule has 1 aliphatic heterocycles. The first-order valence-corrected chi connectivity index (χ1v) is 6.52. The Morgan fingerprint density at radius 2 is 2.19 bits per heavy atom. The molecule has 2 rings (SSSR count). The van der Waals surface area contributed by atoms with Gasteiger partial charge in [-0.25, -0.2) is 8.42 Å². The Balaban J connectivity index is 2.34. The van der Waals surface area contributed by atoms with Crippen LogP contribution in [-0.2, 0) is 27.7 Å². The number of rotatable bonds is 2. The van der Waals surface area contributed by atoms with Crippen LogP contribution in [0.15, 0.2) is 18.2 Å². The molecule has 5 nitrogen and oxygen atoms in total. The normalized spacial score (nSPS) is 17.2. The molecule has 86 valence electrons. The first-order valence-electron chi connectivity index (χ1n) is 4.87. The van der Waals surface area contributed by atoms with Crippen LogP contribution in [0.3, 0.4) is 0 Å². The summed E-state index contributed by atoms with van der Waals surface area (Å²) in [6.07, 6.45) is 0.622. The standard InChI is InChI=1S/C10H12N2O3S/c11-10(13)6-7-1-2-8-3-4-16(14,15)12-9(8)5-7/h1-2,5,12H,3-4,6H2,(H2,11,13). The van der Waals surface area contributed by atoms with Gasteiger partial charge in [-0.05, 0) is 23.6 Å². The van der Waals surface area contributed by atoms with Crippen molar-refractivity contribution >= 4 is 21.6 Å². The van der Waals surface area contributed by atoms with Crippen LogP contribution in [0.1, 0.15) is 11.1 Å². The van der Waals surface area contributed by atoms with Gasteiger partial charge in [-0.2, -0.15) is 0 Å². The monoisotopic (exact) mass is 240 g/mol. The zero-order chi connectivity index (χ0) is 11.8. The molecular formula is C10H12N2O3S. The van der Waals surface area contributed by atoms with Gasteiger partial charge >= 0.3 is 0 Å². The summed E-state index contributed by atoms with van der Waals surface area (Å²) in [6.45, 7) is 0. The first-order chi connectivity index (χ1) is 7.46. The number of hydrogen-bond acceptors (Lipinski definition) is 3. The molecule has 0 atom stereocenters. The van der Waals surface area contributed by atoms with E-state index in [0.717, 1.165) is 11.1 Å². The molecule has 16 heavy (non-hydrogen) atoms. The molecule has 1 amide bonds. The highest BCUT2D eigenvalue weighted by Crippen LogP contribution is 2.24. The van der Waals surface area contributed by atoms with Crippen molar-refractivity contribution in [3.05, 3.63) is 29.3 Å². The summed E-state index contributed by atoms with van der Waals surface area (Å²) >= 11 is 0. The van der Waals surface area contributed by atoms with Crippen molar-refractivity contribution in [2.45, 2.75) is 12.8 Å². The second-order valence-corrected chi connectivity index (χ2v) is 5.65. The number of hydrogen-bond donors (Lipinski definition) is 2. The number of nitrogens with two attached hydrogens (primary N) is 1. The van der Waals surface area contributed by atoms with E-state index in [0.29, 0.717) is 12.1 Å². The van der Waals surface area contributed by atoms with E-state index in [1.165, 1.54) is 0 Å². The number of carbonyl (C=O) groups is 1. The van der Waals surface area contributed by atoms with E-state index >= 15 is 0 Å². The minimum atomic E-state index is -3.21. The van der Waals surface area contributed by atoms with Crippen molar-refractivity contribution < 1.29 is 13.2 Å². The topological polar surface area (TPSA) is 89.3 Å². The molecule has 0 aliphatic carbocycles. The molecule has 0 saturated carbocycles. The molecule has 0 spiro atoms. The highest BCUT2D eigenvalue weighted by molar-refractivity contribution is 7.92. The second kappa shape index (κ2) is 3.79. The SMILES string of the molecule is NC(=O)Cc1ccc2c(c1)NS(=O)(=O)CC2. The van der Waals surface area contributed by atoms with Crippen molar-refractivity contribution in [3.8, 4) is 0 Å². The van der Waals surface area contributed by atoms with Crippen LogP contribution in [0.4, 0.5) is 5.69 Å². The highest BCUT2D eigenvalue weighted by atomic mass is 32.2. The van der Waals surface area contributed by atoms with Gasteiger partial charge < -0.3 is 5.73 Å². The van der Waals surface area contributed by atoms with E-state index in [9.17, 15) is 13.2 Å². The van der Waals surface area contributed by atoms with Gasteiger partial charge in [-0.1, -0.05) is 12.1 Å². The van der Waals surface area contributed by atoms with Crippen molar-refractivity contribution in [1.29, 1.82) is 0 Å². The van der Waals surface area contributed by atoms with Gasteiger partial charge in [-0.15, -0.1) is 0 Å². The fourth-order valence-corrected chi connectivity index (χ4v) is 2.83. The summed E-state index contributed by atoms with van der Waals surface area (Å²) in [5.74, 6) is -0.326. The molecule has 3 N–H and O–H groups in total. The third-order valence-electron chi connectivity index (χ3n) is 2.46. The Labute approximate surface area is 93.7 Å². The number of amides is 1. The fraction of sp³-hybridized carbons (Fsp3) is 0.300. The average molecular weight is 240 g/mol. The maximum absolute atomic E-state index is 11.3. The fourth-order valence-electron chi connectivity index (χ4n) is 1.71. The number of sulfonamides is 1. The van der Waals surface area contributed by atoms with Crippen LogP contribution in [-0.4, -0.2) is 20.1 Å². The summed E-state index contributed by atoms with van der Waals surface area (Å²) in [4.78, 5) is 10.7. The lowest BCUT2D eigenvalue weighted by atomic mass is 10.0. The summed E-state index contributed by atoms with van der Waals surface area (Å²) in [5, 5.41) is 0. The number of benzene rings is 1. The van der Waals surface area contributed by atoms with Gasteiger partial charge in [-0.3, -0.25) is 9.52 Å². The van der Waals surface area contributed by atoms with Crippen LogP contribution in [0, 0.1) is 0 Å². The Bertz CT molecular complexity index is 537. The summed E-state index contributed by atoms with van der Waals surface area (Å²) in [6, 6.07) is 5.29. The number of fused-ring (bicyclic) bond motifs is 1. The molecule has 6 heteroatoms. The van der Waals surface area contributed by atoms with Gasteiger partial charge in [0, 0.05) is 0 Å². The quantitative estimate of drug-likeness (QED) is 0.763. The Kier molecular flexibility index (Phi) is 2.59. The van der Waals surface area contributed by atoms with Gasteiger partial charge in [0.1, 0.15) is 0 Å². The molecule has 0 aromatic heterocycles. The molecule has 0 saturated heterocycles. The molecule has 1 heterocycles. The van der Waals surface area contributed by atoms with Crippen LogP contribution >= 0.6 is 0 Å². The summed E-state index contributed by atoms with van der Waals surface area (Å²) in [7, 11) is -3.21. The van der Waals surface area contributed by atoms with Crippen molar-refractivity contribution in [2.75, 3.05) is 10.5 Å². The first kappa shape index (κ1) is 10.9. The summed E-state index contributed by atoms with van der Waals surface area (Å²) < 4.78 is 25.2. The minimum Gasteiger partial charge on any atom is -0.369 e. The van der Waals surface area contributed by atoms with E-state index in [-0.39, 0.29) is 12.2 Å². The molecule has 1 aromatic carbocycles. The third-order valence-corrected chi connectivity index (χ3v) is 3.73. The van der Waals surface area contributed by atoms with Crippen LogP contribution in [0.2, 0.25) is 0 Å². The van der Waals surface area contributed by atoms with Crippen LogP contribution in [0.25, 0.3) is 0 Å². The molecule has 1 aromatic rings. The smallest absolute Gasteiger partial charge is 0.233 e. The van der Waals surface area contributed by atoms with Gasteiger partial charge in [0.15, 0.2) is 0 Å². The van der Waals surface area contributed by atoms with Crippen molar-refractivity contribution in [3.63, 3.8) is 0 Å². The van der Waals surface area contributed by atoms with Crippen LogP contribution in [0.5, 0.6) is 0 Å². The highest BCUT2D eigenvalue weighted by Gasteiger charge is 2.20. The average Bonchev–Trinajstić information content (AvgIpc) is 2.14. The zero-order valence-corrected chi connectivity index (χ0v) is 9.38. The van der Waals surface area contributed by atoms with Gasteiger partial charge in [0.2, 0.25) is 15.9 Å². The number of anilines is 1. The lowest BCUT2D eigenvalue weighted by Gasteiger charge is -2.18.